The molecule has 1 aromatic rings. The Balaban J connectivity index is 2.06. The van der Waals surface area contributed by atoms with Crippen LogP contribution in [0.25, 0.3) is 0 Å². The molecule has 9 heteroatoms. The molecule has 1 amide bonds. The number of hydrogen-bond acceptors (Lipinski definition) is 3. The van der Waals surface area contributed by atoms with Crippen molar-refractivity contribution in [2.45, 2.75) is 6.18 Å². The van der Waals surface area contributed by atoms with Gasteiger partial charge in [0, 0.05) is 13.1 Å². The fraction of sp³-hybridized carbons (Fsp3) is 0.385. The summed E-state index contributed by atoms with van der Waals surface area (Å²) >= 11 is 10.8. The molecule has 22 heavy (non-hydrogen) atoms. The quantitative estimate of drug-likeness (QED) is 0.789. The molecule has 0 bridgehead atoms. The normalized spacial score (nSPS) is 15.5. The number of rotatable bonds is 1. The minimum absolute atomic E-state index is 0.0549. The molecule has 1 saturated heterocycles. The van der Waals surface area contributed by atoms with Crippen molar-refractivity contribution in [3.8, 4) is 0 Å². The maximum absolute atomic E-state index is 12.5. The van der Waals surface area contributed by atoms with Crippen LogP contribution in [0.4, 0.5) is 18.9 Å². The largest absolute Gasteiger partial charge is 0.416 e. The third-order valence-electron chi connectivity index (χ3n) is 3.04. The molecule has 120 valence electrons. The summed E-state index contributed by atoms with van der Waals surface area (Å²) in [5.74, 6) is -0.585. The lowest BCUT2D eigenvalue weighted by Crippen LogP contribution is -2.44. The van der Waals surface area contributed by atoms with E-state index < -0.39 is 17.6 Å². The molecule has 1 aliphatic heterocycles. The molecule has 0 atom stereocenters. The summed E-state index contributed by atoms with van der Waals surface area (Å²) in [5.41, 5.74) is -0.804. The Morgan fingerprint density at radius 2 is 1.95 bits per heavy atom. The highest BCUT2D eigenvalue weighted by Crippen LogP contribution is 2.33. The van der Waals surface area contributed by atoms with Gasteiger partial charge in [0.15, 0.2) is 4.99 Å². The van der Waals surface area contributed by atoms with Gasteiger partial charge in [-0.25, -0.2) is 0 Å². The van der Waals surface area contributed by atoms with Gasteiger partial charge in [0.05, 0.1) is 29.5 Å². The third kappa shape index (κ3) is 4.08. The maximum atomic E-state index is 12.5. The first kappa shape index (κ1) is 17.0. The van der Waals surface area contributed by atoms with Crippen molar-refractivity contribution in [2.24, 2.45) is 0 Å². The molecule has 0 spiro atoms. The van der Waals surface area contributed by atoms with Crippen LogP contribution >= 0.6 is 23.8 Å². The third-order valence-corrected chi connectivity index (χ3v) is 3.79. The van der Waals surface area contributed by atoms with Crippen molar-refractivity contribution in [3.63, 3.8) is 0 Å². The number of ether oxygens (including phenoxy) is 1. The number of anilines is 1. The Kier molecular flexibility index (Phi) is 5.25. The van der Waals surface area contributed by atoms with E-state index in [-0.39, 0.29) is 15.7 Å². The first-order valence-electron chi connectivity index (χ1n) is 6.34. The van der Waals surface area contributed by atoms with E-state index in [1.165, 1.54) is 0 Å². The Hall–Kier alpha value is -1.38. The van der Waals surface area contributed by atoms with Crippen LogP contribution in [0.2, 0.25) is 5.02 Å². The number of nitrogens with one attached hydrogen (secondary N) is 1. The highest BCUT2D eigenvalue weighted by Gasteiger charge is 2.31. The molecule has 0 aliphatic carbocycles. The van der Waals surface area contributed by atoms with Gasteiger partial charge < -0.3 is 15.0 Å². The first-order chi connectivity index (χ1) is 10.3. The van der Waals surface area contributed by atoms with Crippen molar-refractivity contribution in [1.82, 2.24) is 4.90 Å². The Morgan fingerprint density at radius 1 is 1.32 bits per heavy atom. The summed E-state index contributed by atoms with van der Waals surface area (Å²) in [6.45, 7) is 1.92. The molecule has 4 nitrogen and oxygen atoms in total. The Bertz CT molecular complexity index is 589. The summed E-state index contributed by atoms with van der Waals surface area (Å²) in [6.07, 6.45) is -4.49. The number of amides is 1. The van der Waals surface area contributed by atoms with Crippen LogP contribution in [0.3, 0.4) is 0 Å². The zero-order chi connectivity index (χ0) is 16.3. The number of thiocarbonyl (C=S) groups is 1. The van der Waals surface area contributed by atoms with Gasteiger partial charge in [-0.15, -0.1) is 0 Å². The SMILES string of the molecule is O=C(Nc1ccc(C(F)(F)F)cc1Cl)C(=S)N1CCOCC1. The number of benzene rings is 1. The van der Waals surface area contributed by atoms with Gasteiger partial charge in [-0.1, -0.05) is 23.8 Å². The monoisotopic (exact) mass is 352 g/mol. The van der Waals surface area contributed by atoms with E-state index in [9.17, 15) is 18.0 Å². The van der Waals surface area contributed by atoms with E-state index in [0.717, 1.165) is 18.2 Å². The molecule has 1 heterocycles. The fourth-order valence-electron chi connectivity index (χ4n) is 1.88. The second kappa shape index (κ2) is 6.80. The van der Waals surface area contributed by atoms with E-state index in [2.05, 4.69) is 5.32 Å². The molecule has 1 fully saturated rings. The minimum atomic E-state index is -4.49. The van der Waals surface area contributed by atoms with E-state index in [0.29, 0.717) is 26.3 Å². The molecule has 1 aliphatic rings. The average Bonchev–Trinajstić information content (AvgIpc) is 2.48. The second-order valence-corrected chi connectivity index (χ2v) is 5.34. The highest BCUT2D eigenvalue weighted by atomic mass is 35.5. The van der Waals surface area contributed by atoms with Gasteiger partial charge in [-0.05, 0) is 18.2 Å². The number of halogens is 4. The lowest BCUT2D eigenvalue weighted by molar-refractivity contribution is -0.137. The molecular weight excluding hydrogens is 341 g/mol. The first-order valence-corrected chi connectivity index (χ1v) is 7.12. The number of carbonyl (C=O) groups is 1. The molecule has 0 unspecified atom stereocenters. The molecular formula is C13H12ClF3N2O2S. The fourth-order valence-corrected chi connectivity index (χ4v) is 2.34. The molecule has 0 radical (unpaired) electrons. The van der Waals surface area contributed by atoms with Crippen LogP contribution in [0.5, 0.6) is 0 Å². The lowest BCUT2D eigenvalue weighted by Gasteiger charge is -2.28. The Labute approximate surface area is 135 Å². The lowest BCUT2D eigenvalue weighted by atomic mass is 10.2. The van der Waals surface area contributed by atoms with Gasteiger partial charge in [0.2, 0.25) is 0 Å². The van der Waals surface area contributed by atoms with Crippen molar-refractivity contribution >= 4 is 40.4 Å². The van der Waals surface area contributed by atoms with Gasteiger partial charge in [-0.2, -0.15) is 13.2 Å². The van der Waals surface area contributed by atoms with Crippen LogP contribution in [0, 0.1) is 0 Å². The molecule has 1 N–H and O–H groups in total. The van der Waals surface area contributed by atoms with E-state index in [4.69, 9.17) is 28.6 Å². The summed E-state index contributed by atoms with van der Waals surface area (Å²) < 4.78 is 42.8. The van der Waals surface area contributed by atoms with Crippen LogP contribution in [0.1, 0.15) is 5.56 Å². The number of morpholine rings is 1. The van der Waals surface area contributed by atoms with E-state index in [1.807, 2.05) is 0 Å². The van der Waals surface area contributed by atoms with Gasteiger partial charge >= 0.3 is 6.18 Å². The van der Waals surface area contributed by atoms with Crippen LogP contribution < -0.4 is 5.32 Å². The summed E-state index contributed by atoms with van der Waals surface area (Å²) in [6, 6.07) is 2.71. The standard InChI is InChI=1S/C13H12ClF3N2O2S/c14-9-7-8(13(15,16)17)1-2-10(9)18-11(20)12(22)19-3-5-21-6-4-19/h1-2,7H,3-6H2,(H,18,20). The van der Waals surface area contributed by atoms with Crippen molar-refractivity contribution in [2.75, 3.05) is 31.6 Å². The summed E-state index contributed by atoms with van der Waals surface area (Å²) in [4.78, 5) is 13.8. The van der Waals surface area contributed by atoms with Crippen molar-refractivity contribution in [3.05, 3.63) is 28.8 Å². The second-order valence-electron chi connectivity index (χ2n) is 4.55. The Morgan fingerprint density at radius 3 is 2.50 bits per heavy atom. The molecule has 2 rings (SSSR count). The van der Waals surface area contributed by atoms with Crippen LogP contribution in [0.15, 0.2) is 18.2 Å². The zero-order valence-electron chi connectivity index (χ0n) is 11.2. The number of hydrogen-bond donors (Lipinski definition) is 1. The number of nitrogens with zero attached hydrogens (tertiary/aromatic N) is 1. The molecule has 0 saturated carbocycles. The predicted molar refractivity (Wildman–Crippen MR) is 80.1 cm³/mol. The van der Waals surface area contributed by atoms with E-state index in [1.54, 1.807) is 4.90 Å². The average molecular weight is 353 g/mol. The molecule has 0 aromatic heterocycles. The van der Waals surface area contributed by atoms with Gasteiger partial charge in [-0.3, -0.25) is 4.79 Å². The topological polar surface area (TPSA) is 41.6 Å². The summed E-state index contributed by atoms with van der Waals surface area (Å²) in [7, 11) is 0. The predicted octanol–water partition coefficient (Wildman–Crippen LogP) is 2.96. The zero-order valence-corrected chi connectivity index (χ0v) is 12.8. The van der Waals surface area contributed by atoms with Crippen LogP contribution in [-0.2, 0) is 15.7 Å². The number of carbonyl (C=O) groups excluding carboxylic acids is 1. The van der Waals surface area contributed by atoms with Gasteiger partial charge in [0.1, 0.15) is 0 Å². The molecule has 1 aromatic carbocycles. The maximum Gasteiger partial charge on any atom is 0.416 e. The van der Waals surface area contributed by atoms with Crippen LogP contribution in [-0.4, -0.2) is 42.1 Å². The highest BCUT2D eigenvalue weighted by molar-refractivity contribution is 7.82. The minimum Gasteiger partial charge on any atom is -0.378 e. The van der Waals surface area contributed by atoms with Crippen molar-refractivity contribution in [1.29, 1.82) is 0 Å². The smallest absolute Gasteiger partial charge is 0.378 e. The number of alkyl halides is 3. The van der Waals surface area contributed by atoms with Gasteiger partial charge in [0.25, 0.3) is 5.91 Å². The summed E-state index contributed by atoms with van der Waals surface area (Å²) in [5, 5.41) is 2.22. The van der Waals surface area contributed by atoms with E-state index >= 15 is 0 Å². The van der Waals surface area contributed by atoms with Crippen molar-refractivity contribution < 1.29 is 22.7 Å².